The molecule has 16 heavy (non-hydrogen) atoms. The maximum atomic E-state index is 13.6. The van der Waals surface area contributed by atoms with E-state index >= 15 is 0 Å². The fourth-order valence-corrected chi connectivity index (χ4v) is 1.85. The highest BCUT2D eigenvalue weighted by Gasteiger charge is 2.38. The number of rotatable bonds is 1. The minimum atomic E-state index is -4.56. The van der Waals surface area contributed by atoms with Crippen LogP contribution in [-0.4, -0.2) is 6.54 Å². The summed E-state index contributed by atoms with van der Waals surface area (Å²) in [6.45, 7) is 0.591. The van der Waals surface area contributed by atoms with Crippen LogP contribution in [0.1, 0.15) is 23.6 Å². The highest BCUT2D eigenvalue weighted by molar-refractivity contribution is 6.30. The van der Waals surface area contributed by atoms with E-state index in [-0.39, 0.29) is 10.6 Å². The number of benzene rings is 1. The van der Waals surface area contributed by atoms with E-state index in [2.05, 4.69) is 5.32 Å². The fraction of sp³-hybridized carbons (Fsp3) is 0.400. The molecule has 1 atom stereocenters. The quantitative estimate of drug-likeness (QED) is 0.755. The second-order valence-corrected chi connectivity index (χ2v) is 4.02. The lowest BCUT2D eigenvalue weighted by atomic mass is 9.92. The molecule has 2 rings (SSSR count). The molecule has 0 unspecified atom stereocenters. The second kappa shape index (κ2) is 3.89. The molecular formula is C10H8ClF4N. The standard InChI is InChI=1S/C10H8ClF4N/c11-6-2-1-5(10(13,14)15)8(9(6)12)7-3-4-16-7/h1-2,7,16H,3-4H2/t7-/m1/s1. The van der Waals surface area contributed by atoms with Crippen LogP contribution >= 0.6 is 11.6 Å². The van der Waals surface area contributed by atoms with Crippen LogP contribution in [0, 0.1) is 5.82 Å². The third-order valence-corrected chi connectivity index (χ3v) is 2.90. The zero-order valence-electron chi connectivity index (χ0n) is 8.04. The summed E-state index contributed by atoms with van der Waals surface area (Å²) in [4.78, 5) is 0. The van der Waals surface area contributed by atoms with Gasteiger partial charge < -0.3 is 5.32 Å². The number of nitrogens with one attached hydrogen (secondary N) is 1. The van der Waals surface area contributed by atoms with Crippen LogP contribution in [-0.2, 0) is 6.18 Å². The largest absolute Gasteiger partial charge is 0.416 e. The van der Waals surface area contributed by atoms with Gasteiger partial charge >= 0.3 is 6.18 Å². The maximum Gasteiger partial charge on any atom is 0.416 e. The lowest BCUT2D eigenvalue weighted by Gasteiger charge is -2.30. The second-order valence-electron chi connectivity index (χ2n) is 3.62. The summed E-state index contributed by atoms with van der Waals surface area (Å²) in [5.74, 6) is -0.978. The van der Waals surface area contributed by atoms with Crippen molar-refractivity contribution in [2.75, 3.05) is 6.54 Å². The smallest absolute Gasteiger partial charge is 0.310 e. The summed E-state index contributed by atoms with van der Waals surface area (Å²) in [6, 6.07) is 1.16. The molecule has 0 aromatic heterocycles. The highest BCUT2D eigenvalue weighted by atomic mass is 35.5. The molecule has 1 N–H and O–H groups in total. The van der Waals surface area contributed by atoms with E-state index in [1.807, 2.05) is 0 Å². The normalized spacial score (nSPS) is 20.7. The van der Waals surface area contributed by atoms with E-state index in [0.717, 1.165) is 12.1 Å². The van der Waals surface area contributed by atoms with Crippen LogP contribution in [0.2, 0.25) is 5.02 Å². The SMILES string of the molecule is Fc1c(Cl)ccc(C(F)(F)F)c1[C@H]1CCN1. The predicted octanol–water partition coefficient (Wildman–Crippen LogP) is 3.53. The molecule has 1 heterocycles. The Morgan fingerprint density at radius 3 is 2.38 bits per heavy atom. The first-order chi connectivity index (χ1) is 7.41. The van der Waals surface area contributed by atoms with E-state index in [1.165, 1.54) is 0 Å². The molecule has 0 amide bonds. The Morgan fingerprint density at radius 2 is 1.94 bits per heavy atom. The van der Waals surface area contributed by atoms with Gasteiger partial charge in [-0.2, -0.15) is 13.2 Å². The molecule has 1 saturated heterocycles. The Labute approximate surface area is 94.4 Å². The number of hydrogen-bond donors (Lipinski definition) is 1. The van der Waals surface area contributed by atoms with Gasteiger partial charge in [-0.05, 0) is 25.1 Å². The lowest BCUT2D eigenvalue weighted by molar-refractivity contribution is -0.138. The van der Waals surface area contributed by atoms with Gasteiger partial charge in [0.25, 0.3) is 0 Å². The molecule has 1 nitrogen and oxygen atoms in total. The minimum Gasteiger partial charge on any atom is -0.310 e. The van der Waals surface area contributed by atoms with Crippen molar-refractivity contribution in [2.24, 2.45) is 0 Å². The molecule has 0 bridgehead atoms. The number of alkyl halides is 3. The molecular weight excluding hydrogens is 246 g/mol. The Bertz CT molecular complexity index is 412. The summed E-state index contributed by atoms with van der Waals surface area (Å²) in [7, 11) is 0. The number of halogens is 5. The van der Waals surface area contributed by atoms with E-state index < -0.39 is 23.6 Å². The Balaban J connectivity index is 2.55. The summed E-state index contributed by atoms with van der Waals surface area (Å²) in [5.41, 5.74) is -1.32. The third-order valence-electron chi connectivity index (χ3n) is 2.61. The predicted molar refractivity (Wildman–Crippen MR) is 51.8 cm³/mol. The molecule has 1 aliphatic heterocycles. The van der Waals surface area contributed by atoms with Crippen LogP contribution < -0.4 is 5.32 Å². The third kappa shape index (κ3) is 1.89. The van der Waals surface area contributed by atoms with E-state index in [4.69, 9.17) is 11.6 Å². The maximum absolute atomic E-state index is 13.6. The summed E-state index contributed by atoms with van der Waals surface area (Å²) in [5, 5.41) is 2.46. The van der Waals surface area contributed by atoms with Crippen molar-refractivity contribution in [3.8, 4) is 0 Å². The Kier molecular flexibility index (Phi) is 2.84. The van der Waals surface area contributed by atoms with Crippen molar-refractivity contribution < 1.29 is 17.6 Å². The van der Waals surface area contributed by atoms with Gasteiger partial charge in [0.1, 0.15) is 5.82 Å². The highest BCUT2D eigenvalue weighted by Crippen LogP contribution is 2.40. The van der Waals surface area contributed by atoms with Crippen molar-refractivity contribution in [3.05, 3.63) is 34.1 Å². The zero-order chi connectivity index (χ0) is 11.9. The molecule has 6 heteroatoms. The summed E-state index contributed by atoms with van der Waals surface area (Å²) >= 11 is 5.49. The van der Waals surface area contributed by atoms with Crippen molar-refractivity contribution in [1.29, 1.82) is 0 Å². The fourth-order valence-electron chi connectivity index (χ4n) is 1.69. The molecule has 0 radical (unpaired) electrons. The Morgan fingerprint density at radius 1 is 1.31 bits per heavy atom. The van der Waals surface area contributed by atoms with Gasteiger partial charge in [0, 0.05) is 11.6 Å². The summed E-state index contributed by atoms with van der Waals surface area (Å²) in [6.07, 6.45) is -4.07. The van der Waals surface area contributed by atoms with Crippen LogP contribution in [0.4, 0.5) is 17.6 Å². The monoisotopic (exact) mass is 253 g/mol. The minimum absolute atomic E-state index is 0.281. The Hall–Kier alpha value is -0.810. The molecule has 88 valence electrons. The van der Waals surface area contributed by atoms with Gasteiger partial charge in [-0.25, -0.2) is 4.39 Å². The van der Waals surface area contributed by atoms with Gasteiger partial charge in [0.2, 0.25) is 0 Å². The molecule has 1 aromatic carbocycles. The molecule has 0 saturated carbocycles. The first-order valence-corrected chi connectivity index (χ1v) is 5.07. The van der Waals surface area contributed by atoms with Crippen LogP contribution in [0.25, 0.3) is 0 Å². The first kappa shape index (κ1) is 11.7. The number of hydrogen-bond acceptors (Lipinski definition) is 1. The van der Waals surface area contributed by atoms with E-state index in [0.29, 0.717) is 13.0 Å². The van der Waals surface area contributed by atoms with E-state index in [9.17, 15) is 17.6 Å². The van der Waals surface area contributed by atoms with Gasteiger partial charge in [0.05, 0.1) is 10.6 Å². The topological polar surface area (TPSA) is 12.0 Å². The van der Waals surface area contributed by atoms with Crippen molar-refractivity contribution >= 4 is 11.6 Å². The molecule has 1 fully saturated rings. The first-order valence-electron chi connectivity index (χ1n) is 4.69. The zero-order valence-corrected chi connectivity index (χ0v) is 8.79. The van der Waals surface area contributed by atoms with Gasteiger partial charge in [-0.1, -0.05) is 11.6 Å². The van der Waals surface area contributed by atoms with Crippen LogP contribution in [0.15, 0.2) is 12.1 Å². The van der Waals surface area contributed by atoms with E-state index in [1.54, 1.807) is 0 Å². The molecule has 1 aliphatic rings. The van der Waals surface area contributed by atoms with Gasteiger partial charge in [0.15, 0.2) is 0 Å². The molecule has 1 aromatic rings. The molecule has 0 aliphatic carbocycles. The van der Waals surface area contributed by atoms with Crippen molar-refractivity contribution in [2.45, 2.75) is 18.6 Å². The van der Waals surface area contributed by atoms with Crippen LogP contribution in [0.5, 0.6) is 0 Å². The molecule has 0 spiro atoms. The average Bonchev–Trinajstić information content (AvgIpc) is 2.08. The van der Waals surface area contributed by atoms with Crippen molar-refractivity contribution in [3.63, 3.8) is 0 Å². The van der Waals surface area contributed by atoms with Crippen LogP contribution in [0.3, 0.4) is 0 Å². The average molecular weight is 254 g/mol. The summed E-state index contributed by atoms with van der Waals surface area (Å²) < 4.78 is 51.5. The van der Waals surface area contributed by atoms with Crippen molar-refractivity contribution in [1.82, 2.24) is 5.32 Å². The van der Waals surface area contributed by atoms with Gasteiger partial charge in [-0.15, -0.1) is 0 Å². The lowest BCUT2D eigenvalue weighted by Crippen LogP contribution is -2.37. The van der Waals surface area contributed by atoms with Gasteiger partial charge in [-0.3, -0.25) is 0 Å².